The monoisotopic (exact) mass is 676 g/mol. The van der Waals surface area contributed by atoms with Crippen LogP contribution in [0.25, 0.3) is 32.6 Å². The summed E-state index contributed by atoms with van der Waals surface area (Å²) >= 11 is 0.444. The van der Waals surface area contributed by atoms with Gasteiger partial charge in [-0.05, 0) is 19.1 Å². The van der Waals surface area contributed by atoms with E-state index in [0.29, 0.717) is 23.1 Å². The number of pyridine rings is 1. The number of hydrogen-bond acceptors (Lipinski definition) is 9. The van der Waals surface area contributed by atoms with E-state index in [1.54, 1.807) is 6.92 Å². The molecule has 4 aromatic rings. The molecule has 1 amide bonds. The molecule has 1 atom stereocenters. The number of nitrogens with zero attached hydrogens (tertiary/aromatic N) is 4. The van der Waals surface area contributed by atoms with Crippen molar-refractivity contribution >= 4 is 37.4 Å². The van der Waals surface area contributed by atoms with E-state index < -0.39 is 83.6 Å². The van der Waals surface area contributed by atoms with Crippen molar-refractivity contribution < 1.29 is 53.2 Å². The average molecular weight is 677 g/mol. The van der Waals surface area contributed by atoms with Gasteiger partial charge in [0, 0.05) is 42.1 Å². The van der Waals surface area contributed by atoms with Crippen LogP contribution in [0.1, 0.15) is 18.7 Å². The first kappa shape index (κ1) is 32.2. The maximum Gasteiger partial charge on any atom is 0.534 e. The maximum absolute atomic E-state index is 15.7. The fourth-order valence-corrected chi connectivity index (χ4v) is 6.19. The summed E-state index contributed by atoms with van der Waals surface area (Å²) < 4.78 is 125. The highest BCUT2D eigenvalue weighted by molar-refractivity contribution is 7.88. The second kappa shape index (κ2) is 12.0. The van der Waals surface area contributed by atoms with Crippen LogP contribution in [0.3, 0.4) is 0 Å². The second-order valence-electron chi connectivity index (χ2n) is 9.60. The smallest absolute Gasteiger partial charge is 0.490 e. The van der Waals surface area contributed by atoms with Gasteiger partial charge in [-0.25, -0.2) is 18.2 Å². The Labute approximate surface area is 255 Å². The molecule has 0 saturated carbocycles. The molecule has 0 spiro atoms. The molecule has 4 heterocycles. The minimum atomic E-state index is -6.30. The standard InChI is InChI=1S/C27H22F6N4O6S2/c1-4-20(38)36-5-6-37-18(13(36)2)11-17(35-37)24-23(21-15(29)9-14(28)10-19(21)42-8-7-41-3)22-16(30)12-44-25(22)26(34-24)43-45(39,40)27(31,32)33/h4,9-13H,1,5-8H2,2-3H3/t13-/m1/s1. The number of carbonyl (C=O) groups excluding carboxylic acids is 1. The van der Waals surface area contributed by atoms with E-state index >= 15 is 8.78 Å². The van der Waals surface area contributed by atoms with Crippen molar-refractivity contribution in [2.45, 2.75) is 25.0 Å². The van der Waals surface area contributed by atoms with Gasteiger partial charge in [0.25, 0.3) is 5.88 Å². The van der Waals surface area contributed by atoms with Gasteiger partial charge in [-0.3, -0.25) is 9.48 Å². The van der Waals surface area contributed by atoms with Crippen LogP contribution >= 0.6 is 11.3 Å². The highest BCUT2D eigenvalue weighted by Crippen LogP contribution is 2.48. The largest absolute Gasteiger partial charge is 0.534 e. The number of thiophene rings is 1. The Hall–Kier alpha value is -4.16. The third-order valence-electron chi connectivity index (χ3n) is 6.89. The lowest BCUT2D eigenvalue weighted by atomic mass is 9.96. The first-order valence-corrected chi connectivity index (χ1v) is 15.2. The molecule has 0 radical (unpaired) electrons. The van der Waals surface area contributed by atoms with Gasteiger partial charge in [0.15, 0.2) is 0 Å². The minimum Gasteiger partial charge on any atom is -0.490 e. The van der Waals surface area contributed by atoms with E-state index in [4.69, 9.17) is 9.47 Å². The van der Waals surface area contributed by atoms with E-state index in [1.165, 1.54) is 22.8 Å². The van der Waals surface area contributed by atoms with Crippen LogP contribution in [0.4, 0.5) is 26.3 Å². The molecule has 3 aromatic heterocycles. The van der Waals surface area contributed by atoms with Gasteiger partial charge in [-0.2, -0.15) is 26.7 Å². The second-order valence-corrected chi connectivity index (χ2v) is 12.0. The number of fused-ring (bicyclic) bond motifs is 2. The summed E-state index contributed by atoms with van der Waals surface area (Å²) in [6, 6.07) is 2.07. The van der Waals surface area contributed by atoms with Crippen molar-refractivity contribution in [3.63, 3.8) is 0 Å². The maximum atomic E-state index is 15.7. The molecule has 18 heteroatoms. The summed E-state index contributed by atoms with van der Waals surface area (Å²) in [7, 11) is -4.95. The van der Waals surface area contributed by atoms with Crippen molar-refractivity contribution in [3.05, 3.63) is 59.4 Å². The summed E-state index contributed by atoms with van der Waals surface area (Å²) in [6.45, 7) is 5.26. The van der Waals surface area contributed by atoms with Crippen molar-refractivity contribution in [3.8, 4) is 34.1 Å². The number of methoxy groups -OCH3 is 1. The number of rotatable bonds is 9. The molecule has 1 aromatic carbocycles. The molecule has 0 N–H and O–H groups in total. The lowest BCUT2D eigenvalue weighted by Crippen LogP contribution is -2.40. The molecular formula is C27H22F6N4O6S2. The molecule has 0 saturated heterocycles. The molecule has 1 aliphatic rings. The van der Waals surface area contributed by atoms with E-state index in [2.05, 4.69) is 20.8 Å². The predicted molar refractivity (Wildman–Crippen MR) is 149 cm³/mol. The van der Waals surface area contributed by atoms with Crippen molar-refractivity contribution in [2.24, 2.45) is 0 Å². The van der Waals surface area contributed by atoms with E-state index in [0.717, 1.165) is 17.5 Å². The van der Waals surface area contributed by atoms with Gasteiger partial charge in [-0.15, -0.1) is 11.3 Å². The van der Waals surface area contributed by atoms with Crippen molar-refractivity contribution in [2.75, 3.05) is 26.9 Å². The number of aromatic nitrogens is 3. The molecule has 1 aliphatic heterocycles. The van der Waals surface area contributed by atoms with Gasteiger partial charge in [0.05, 0.1) is 30.5 Å². The Kier molecular flexibility index (Phi) is 8.58. The fourth-order valence-electron chi connectivity index (χ4n) is 4.87. The molecule has 0 unspecified atom stereocenters. The number of amides is 1. The molecule has 10 nitrogen and oxygen atoms in total. The van der Waals surface area contributed by atoms with Crippen LogP contribution in [-0.2, 0) is 26.2 Å². The first-order chi connectivity index (χ1) is 21.2. The number of carbonyl (C=O) groups is 1. The molecular weight excluding hydrogens is 654 g/mol. The summed E-state index contributed by atoms with van der Waals surface area (Å²) in [5.41, 5.74) is -7.10. The van der Waals surface area contributed by atoms with Gasteiger partial charge < -0.3 is 18.6 Å². The summed E-state index contributed by atoms with van der Waals surface area (Å²) in [5, 5.41) is 4.67. The SMILES string of the molecule is C=CC(=O)N1CCn2nc(-c3nc(OS(=O)(=O)C(F)(F)F)c4scc(F)c4c3-c3c(F)cc(F)cc3OCCOC)cc2[C@H]1C. The molecule has 240 valence electrons. The number of alkyl halides is 3. The highest BCUT2D eigenvalue weighted by atomic mass is 32.2. The van der Waals surface area contributed by atoms with Gasteiger partial charge >= 0.3 is 15.6 Å². The van der Waals surface area contributed by atoms with Crippen LogP contribution < -0.4 is 8.92 Å². The number of benzene rings is 1. The lowest BCUT2D eigenvalue weighted by Gasteiger charge is -2.33. The van der Waals surface area contributed by atoms with Crippen molar-refractivity contribution in [1.82, 2.24) is 19.7 Å². The zero-order valence-electron chi connectivity index (χ0n) is 23.3. The normalized spacial score (nSPS) is 15.3. The summed E-state index contributed by atoms with van der Waals surface area (Å²) in [4.78, 5) is 17.9. The summed E-state index contributed by atoms with van der Waals surface area (Å²) in [6.07, 6.45) is 1.11. The van der Waals surface area contributed by atoms with Gasteiger partial charge in [-0.1, -0.05) is 6.58 Å². The highest BCUT2D eigenvalue weighted by Gasteiger charge is 2.49. The quantitative estimate of drug-likeness (QED) is 0.0742. The van der Waals surface area contributed by atoms with E-state index in [-0.39, 0.29) is 32.0 Å². The average Bonchev–Trinajstić information content (AvgIpc) is 3.57. The third-order valence-corrected chi connectivity index (χ3v) is 8.77. The molecule has 0 fully saturated rings. The lowest BCUT2D eigenvalue weighted by molar-refractivity contribution is -0.129. The Morgan fingerprint density at radius 1 is 1.13 bits per heavy atom. The third kappa shape index (κ3) is 5.84. The van der Waals surface area contributed by atoms with Crippen molar-refractivity contribution in [1.29, 1.82) is 0 Å². The number of hydrogen-bond donors (Lipinski definition) is 0. The van der Waals surface area contributed by atoms with Crippen LogP contribution in [0, 0.1) is 17.5 Å². The minimum absolute atomic E-state index is 0.0153. The molecule has 5 rings (SSSR count). The Morgan fingerprint density at radius 3 is 2.53 bits per heavy atom. The fraction of sp³-hybridized carbons (Fsp3) is 0.296. The zero-order chi connectivity index (χ0) is 32.8. The number of halogens is 6. The molecule has 0 bridgehead atoms. The predicted octanol–water partition coefficient (Wildman–Crippen LogP) is 5.59. The summed E-state index contributed by atoms with van der Waals surface area (Å²) in [5.74, 6) is -5.40. The van der Waals surface area contributed by atoms with Crippen LogP contribution in [0.5, 0.6) is 11.6 Å². The van der Waals surface area contributed by atoms with Crippen LogP contribution in [0.2, 0.25) is 0 Å². The Balaban J connectivity index is 1.84. The number of ether oxygens (including phenoxy) is 2. The van der Waals surface area contributed by atoms with Gasteiger partial charge in [0.1, 0.15) is 45.9 Å². The van der Waals surface area contributed by atoms with E-state index in [9.17, 15) is 30.8 Å². The topological polar surface area (TPSA) is 113 Å². The van der Waals surface area contributed by atoms with Crippen LogP contribution in [0.15, 0.2) is 36.2 Å². The first-order valence-electron chi connectivity index (χ1n) is 12.9. The molecule has 0 aliphatic carbocycles. The Bertz CT molecular complexity index is 1920. The van der Waals surface area contributed by atoms with Gasteiger partial charge in [0.2, 0.25) is 5.91 Å². The Morgan fingerprint density at radius 2 is 1.87 bits per heavy atom. The zero-order valence-corrected chi connectivity index (χ0v) is 25.0. The van der Waals surface area contributed by atoms with Crippen LogP contribution in [-0.4, -0.2) is 66.4 Å². The molecule has 45 heavy (non-hydrogen) atoms. The van der Waals surface area contributed by atoms with E-state index in [1.807, 2.05) is 0 Å².